The molecule has 1 heterocycles. The quantitative estimate of drug-likeness (QED) is 0.752. The molecule has 0 amide bonds. The maximum Gasteiger partial charge on any atom is 0.216 e. The van der Waals surface area contributed by atoms with Crippen LogP contribution in [0.4, 0.5) is 0 Å². The molecule has 1 aromatic heterocycles. The number of unbranched alkanes of at least 4 members (excludes halogenated alkanes) is 1. The van der Waals surface area contributed by atoms with Gasteiger partial charge in [-0.05, 0) is 18.9 Å². The van der Waals surface area contributed by atoms with Crippen LogP contribution in [0.2, 0.25) is 0 Å². The van der Waals surface area contributed by atoms with Crippen molar-refractivity contribution in [3.8, 4) is 5.88 Å². The first-order valence-corrected chi connectivity index (χ1v) is 5.06. The molecule has 0 aromatic carbocycles. The van der Waals surface area contributed by atoms with Crippen LogP contribution in [-0.2, 0) is 6.42 Å². The number of rotatable bonds is 6. The molecule has 1 N–H and O–H groups in total. The van der Waals surface area contributed by atoms with Crippen LogP contribution >= 0.6 is 0 Å². The first kappa shape index (κ1) is 11.0. The number of aliphatic hydroxyl groups is 1. The van der Waals surface area contributed by atoms with Crippen molar-refractivity contribution in [2.45, 2.75) is 26.2 Å². The van der Waals surface area contributed by atoms with Crippen molar-refractivity contribution in [3.05, 3.63) is 23.9 Å². The summed E-state index contributed by atoms with van der Waals surface area (Å²) in [5.41, 5.74) is 1.13. The molecule has 0 atom stereocenters. The van der Waals surface area contributed by atoms with Gasteiger partial charge in [0.2, 0.25) is 5.88 Å². The number of pyridine rings is 1. The van der Waals surface area contributed by atoms with Crippen molar-refractivity contribution in [1.82, 2.24) is 4.98 Å². The lowest BCUT2D eigenvalue weighted by atomic mass is 10.1. The summed E-state index contributed by atoms with van der Waals surface area (Å²) < 4.78 is 5.32. The molecule has 78 valence electrons. The minimum atomic E-state index is 0.0315. The third kappa shape index (κ3) is 3.34. The molecule has 1 aromatic rings. The van der Waals surface area contributed by atoms with E-state index in [0.29, 0.717) is 12.5 Å². The predicted octanol–water partition coefficient (Wildman–Crippen LogP) is 1.80. The highest BCUT2D eigenvalue weighted by Crippen LogP contribution is 2.16. The van der Waals surface area contributed by atoms with Crippen LogP contribution < -0.4 is 4.74 Å². The van der Waals surface area contributed by atoms with Gasteiger partial charge in [0.25, 0.3) is 0 Å². The second-order valence-electron chi connectivity index (χ2n) is 3.14. The Morgan fingerprint density at radius 3 is 3.07 bits per heavy atom. The van der Waals surface area contributed by atoms with Crippen molar-refractivity contribution in [1.29, 1.82) is 0 Å². The zero-order valence-electron chi connectivity index (χ0n) is 8.57. The monoisotopic (exact) mass is 195 g/mol. The third-order valence-electron chi connectivity index (χ3n) is 1.98. The molecule has 0 spiro atoms. The number of nitrogens with zero attached hydrogens (tertiary/aromatic N) is 1. The van der Waals surface area contributed by atoms with Gasteiger partial charge in [0.05, 0.1) is 6.61 Å². The largest absolute Gasteiger partial charge is 0.475 e. The number of hydrogen-bond acceptors (Lipinski definition) is 3. The van der Waals surface area contributed by atoms with Gasteiger partial charge < -0.3 is 9.84 Å². The molecule has 0 unspecified atom stereocenters. The maximum atomic E-state index is 8.64. The second-order valence-corrected chi connectivity index (χ2v) is 3.14. The van der Waals surface area contributed by atoms with Crippen molar-refractivity contribution in [3.63, 3.8) is 0 Å². The Hall–Kier alpha value is -1.09. The summed E-state index contributed by atoms with van der Waals surface area (Å²) in [6.45, 7) is 2.50. The van der Waals surface area contributed by atoms with E-state index in [1.54, 1.807) is 6.20 Å². The average molecular weight is 195 g/mol. The highest BCUT2D eigenvalue weighted by atomic mass is 16.5. The van der Waals surface area contributed by atoms with Crippen molar-refractivity contribution >= 4 is 0 Å². The number of aliphatic hydroxyl groups excluding tert-OH is 1. The maximum absolute atomic E-state index is 8.64. The van der Waals surface area contributed by atoms with Crippen LogP contribution in [-0.4, -0.2) is 23.3 Å². The van der Waals surface area contributed by atoms with Crippen LogP contribution in [0.25, 0.3) is 0 Å². The first-order chi connectivity index (χ1) is 6.88. The average Bonchev–Trinajstić information content (AvgIpc) is 2.24. The molecule has 0 aliphatic carbocycles. The number of aromatic nitrogens is 1. The lowest BCUT2D eigenvalue weighted by Gasteiger charge is -2.08. The Labute approximate surface area is 84.7 Å². The van der Waals surface area contributed by atoms with Gasteiger partial charge in [0.1, 0.15) is 6.61 Å². The summed E-state index contributed by atoms with van der Waals surface area (Å²) in [6, 6.07) is 3.94. The summed E-state index contributed by atoms with van der Waals surface area (Å²) in [5.74, 6) is 0.662. The van der Waals surface area contributed by atoms with Gasteiger partial charge >= 0.3 is 0 Å². The van der Waals surface area contributed by atoms with Crippen LogP contribution in [0, 0.1) is 0 Å². The Morgan fingerprint density at radius 1 is 1.50 bits per heavy atom. The van der Waals surface area contributed by atoms with Gasteiger partial charge in [-0.15, -0.1) is 0 Å². The second kappa shape index (κ2) is 6.38. The topological polar surface area (TPSA) is 42.4 Å². The molecule has 0 aliphatic rings. The lowest BCUT2D eigenvalue weighted by Crippen LogP contribution is -2.05. The molecule has 0 bridgehead atoms. The zero-order valence-corrected chi connectivity index (χ0v) is 8.57. The summed E-state index contributed by atoms with van der Waals surface area (Å²) in [5, 5.41) is 8.64. The fourth-order valence-electron chi connectivity index (χ4n) is 1.25. The van der Waals surface area contributed by atoms with Crippen molar-refractivity contribution < 1.29 is 9.84 Å². The van der Waals surface area contributed by atoms with Crippen molar-refractivity contribution in [2.24, 2.45) is 0 Å². The first-order valence-electron chi connectivity index (χ1n) is 5.06. The van der Waals surface area contributed by atoms with E-state index in [4.69, 9.17) is 9.84 Å². The normalized spacial score (nSPS) is 10.1. The smallest absolute Gasteiger partial charge is 0.216 e. The molecule has 0 saturated heterocycles. The van der Waals surface area contributed by atoms with Crippen LogP contribution in [0.3, 0.4) is 0 Å². The standard InChI is InChI=1S/C11H17NO2/c1-2-3-5-10-6-4-7-12-11(10)14-9-8-13/h4,6-7,13H,2-3,5,8-9H2,1H3. The van der Waals surface area contributed by atoms with E-state index in [9.17, 15) is 0 Å². The molecular weight excluding hydrogens is 178 g/mol. The fourth-order valence-corrected chi connectivity index (χ4v) is 1.25. The minimum Gasteiger partial charge on any atom is -0.475 e. The van der Waals surface area contributed by atoms with Crippen LogP contribution in [0.5, 0.6) is 5.88 Å². The lowest BCUT2D eigenvalue weighted by molar-refractivity contribution is 0.195. The van der Waals surface area contributed by atoms with Gasteiger partial charge in [0, 0.05) is 11.8 Å². The molecular formula is C11H17NO2. The van der Waals surface area contributed by atoms with Gasteiger partial charge in [-0.25, -0.2) is 4.98 Å². The molecule has 3 nitrogen and oxygen atoms in total. The molecule has 14 heavy (non-hydrogen) atoms. The molecule has 0 fully saturated rings. The Bertz CT molecular complexity index is 236. The van der Waals surface area contributed by atoms with Gasteiger partial charge in [-0.1, -0.05) is 19.4 Å². The summed E-state index contributed by atoms with van der Waals surface area (Å²) in [4.78, 5) is 4.14. The number of ether oxygens (including phenoxy) is 1. The Morgan fingerprint density at radius 2 is 2.36 bits per heavy atom. The van der Waals surface area contributed by atoms with E-state index in [2.05, 4.69) is 11.9 Å². The van der Waals surface area contributed by atoms with Gasteiger partial charge in [0.15, 0.2) is 0 Å². The van der Waals surface area contributed by atoms with Gasteiger partial charge in [-0.3, -0.25) is 0 Å². The molecule has 1 rings (SSSR count). The van der Waals surface area contributed by atoms with E-state index in [1.165, 1.54) is 0 Å². The summed E-state index contributed by atoms with van der Waals surface area (Å²) >= 11 is 0. The van der Waals surface area contributed by atoms with E-state index >= 15 is 0 Å². The minimum absolute atomic E-state index is 0.0315. The number of aryl methyl sites for hydroxylation is 1. The third-order valence-corrected chi connectivity index (χ3v) is 1.98. The van der Waals surface area contributed by atoms with E-state index in [1.807, 2.05) is 12.1 Å². The number of hydrogen-bond donors (Lipinski definition) is 1. The zero-order chi connectivity index (χ0) is 10.2. The highest BCUT2D eigenvalue weighted by molar-refractivity contribution is 5.25. The van der Waals surface area contributed by atoms with Crippen molar-refractivity contribution in [2.75, 3.05) is 13.2 Å². The van der Waals surface area contributed by atoms with E-state index in [0.717, 1.165) is 24.8 Å². The summed E-state index contributed by atoms with van der Waals surface area (Å²) in [7, 11) is 0. The molecule has 0 aliphatic heterocycles. The molecule has 0 radical (unpaired) electrons. The summed E-state index contributed by atoms with van der Waals surface area (Å²) in [6.07, 6.45) is 5.00. The Balaban J connectivity index is 2.60. The van der Waals surface area contributed by atoms with Gasteiger partial charge in [-0.2, -0.15) is 0 Å². The van der Waals surface area contributed by atoms with Crippen LogP contribution in [0.15, 0.2) is 18.3 Å². The van der Waals surface area contributed by atoms with E-state index < -0.39 is 0 Å². The van der Waals surface area contributed by atoms with Crippen LogP contribution in [0.1, 0.15) is 25.3 Å². The predicted molar refractivity (Wildman–Crippen MR) is 55.4 cm³/mol. The highest BCUT2D eigenvalue weighted by Gasteiger charge is 2.02. The SMILES string of the molecule is CCCCc1cccnc1OCCO. The van der Waals surface area contributed by atoms with E-state index in [-0.39, 0.29) is 6.61 Å². The molecule has 3 heteroatoms. The molecule has 0 saturated carbocycles. The Kier molecular flexibility index (Phi) is 5.00. The fraction of sp³-hybridized carbons (Fsp3) is 0.545.